The van der Waals surface area contributed by atoms with Crippen molar-refractivity contribution in [2.24, 2.45) is 4.99 Å². The van der Waals surface area contributed by atoms with Crippen molar-refractivity contribution in [1.82, 2.24) is 15.1 Å². The van der Waals surface area contributed by atoms with E-state index in [4.69, 9.17) is 11.6 Å². The van der Waals surface area contributed by atoms with Crippen LogP contribution in [-0.2, 0) is 0 Å². The van der Waals surface area contributed by atoms with Crippen LogP contribution < -0.4 is 0 Å². The Bertz CT molecular complexity index is 360. The predicted octanol–water partition coefficient (Wildman–Crippen LogP) is 1.97. The lowest BCUT2D eigenvalue weighted by Gasteiger charge is -2.05. The van der Waals surface area contributed by atoms with Crippen LogP contribution in [-0.4, -0.2) is 35.5 Å². The summed E-state index contributed by atoms with van der Waals surface area (Å²) < 4.78 is 0. The van der Waals surface area contributed by atoms with Gasteiger partial charge < -0.3 is 4.90 Å². The third kappa shape index (κ3) is 2.42. The fraction of sp³-hybridized carbons (Fsp3) is 0.444. The Kier molecular flexibility index (Phi) is 3.41. The molecule has 0 aromatic carbocycles. The molecule has 5 heteroatoms. The highest BCUT2D eigenvalue weighted by Gasteiger charge is 2.06. The van der Waals surface area contributed by atoms with E-state index in [0.717, 1.165) is 11.1 Å². The minimum atomic E-state index is 0.436. The number of halogens is 1. The molecule has 0 amide bonds. The highest BCUT2D eigenvalue weighted by molar-refractivity contribution is 6.30. The fourth-order valence-electron chi connectivity index (χ4n) is 0.856. The molecular weight excluding hydrogens is 200 g/mol. The van der Waals surface area contributed by atoms with Crippen LogP contribution in [0, 0.1) is 13.8 Å². The van der Waals surface area contributed by atoms with Gasteiger partial charge in [-0.15, -0.1) is 10.2 Å². The minimum absolute atomic E-state index is 0.436. The Balaban J connectivity index is 3.06. The van der Waals surface area contributed by atoms with Crippen molar-refractivity contribution in [3.05, 3.63) is 16.3 Å². The first kappa shape index (κ1) is 10.9. The molecule has 76 valence electrons. The Hall–Kier alpha value is -1.16. The quantitative estimate of drug-likeness (QED) is 0.556. The number of aromatic nitrogens is 2. The lowest BCUT2D eigenvalue weighted by atomic mass is 10.2. The molecule has 0 saturated carbocycles. The summed E-state index contributed by atoms with van der Waals surface area (Å²) in [6.45, 7) is 3.83. The molecule has 0 fully saturated rings. The van der Waals surface area contributed by atoms with Crippen molar-refractivity contribution < 1.29 is 0 Å². The Morgan fingerprint density at radius 3 is 2.43 bits per heavy atom. The van der Waals surface area contributed by atoms with Crippen molar-refractivity contribution in [2.75, 3.05) is 14.1 Å². The number of aliphatic imine (C=N–C) groups is 1. The molecule has 1 aromatic heterocycles. The van der Waals surface area contributed by atoms with Gasteiger partial charge in [-0.05, 0) is 19.4 Å². The van der Waals surface area contributed by atoms with Gasteiger partial charge in [0.25, 0.3) is 0 Å². The second-order valence-corrected chi connectivity index (χ2v) is 3.63. The van der Waals surface area contributed by atoms with E-state index in [1.165, 1.54) is 0 Å². The number of nitrogens with zero attached hydrogens (tertiary/aromatic N) is 4. The van der Waals surface area contributed by atoms with Crippen LogP contribution in [0.25, 0.3) is 0 Å². The largest absolute Gasteiger partial charge is 0.369 e. The molecule has 4 nitrogen and oxygen atoms in total. The Morgan fingerprint density at radius 1 is 1.21 bits per heavy atom. The van der Waals surface area contributed by atoms with Gasteiger partial charge in [0, 0.05) is 19.7 Å². The molecule has 0 aliphatic carbocycles. The third-order valence-corrected chi connectivity index (χ3v) is 2.21. The van der Waals surface area contributed by atoms with Gasteiger partial charge in [-0.25, -0.2) is 4.99 Å². The standard InChI is InChI=1S/C9H13ClN4/c1-6-7(2)9(11-5-14(3)4)13-12-8(6)10/h5H,1-4H3. The molecular formula is C9H13ClN4. The highest BCUT2D eigenvalue weighted by Crippen LogP contribution is 2.22. The minimum Gasteiger partial charge on any atom is -0.369 e. The van der Waals surface area contributed by atoms with Crippen LogP contribution >= 0.6 is 11.6 Å². The molecule has 1 heterocycles. The second kappa shape index (κ2) is 4.37. The monoisotopic (exact) mass is 212 g/mol. The lowest BCUT2D eigenvalue weighted by Crippen LogP contribution is -2.07. The number of hydrogen-bond acceptors (Lipinski definition) is 3. The van der Waals surface area contributed by atoms with E-state index in [9.17, 15) is 0 Å². The normalized spacial score (nSPS) is 10.9. The summed E-state index contributed by atoms with van der Waals surface area (Å²) in [5.74, 6) is 0.612. The topological polar surface area (TPSA) is 41.4 Å². The summed E-state index contributed by atoms with van der Waals surface area (Å²) in [5, 5.41) is 8.14. The van der Waals surface area contributed by atoms with E-state index in [1.807, 2.05) is 32.8 Å². The van der Waals surface area contributed by atoms with Gasteiger partial charge in [-0.3, -0.25) is 0 Å². The third-order valence-electron chi connectivity index (χ3n) is 1.85. The van der Waals surface area contributed by atoms with Gasteiger partial charge >= 0.3 is 0 Å². The maximum atomic E-state index is 5.81. The Morgan fingerprint density at radius 2 is 1.86 bits per heavy atom. The lowest BCUT2D eigenvalue weighted by molar-refractivity contribution is 0.642. The molecule has 1 aromatic rings. The van der Waals surface area contributed by atoms with E-state index in [2.05, 4.69) is 15.2 Å². The van der Waals surface area contributed by atoms with Gasteiger partial charge in [-0.2, -0.15) is 0 Å². The highest BCUT2D eigenvalue weighted by atomic mass is 35.5. The van der Waals surface area contributed by atoms with Crippen molar-refractivity contribution in [2.45, 2.75) is 13.8 Å². The first-order valence-electron chi connectivity index (χ1n) is 4.22. The Labute approximate surface area is 88.6 Å². The maximum absolute atomic E-state index is 5.81. The molecule has 0 aliphatic rings. The van der Waals surface area contributed by atoms with Crippen LogP contribution in [0.3, 0.4) is 0 Å². The summed E-state index contributed by atoms with van der Waals surface area (Å²) in [7, 11) is 3.80. The zero-order valence-corrected chi connectivity index (χ0v) is 9.50. The number of hydrogen-bond donors (Lipinski definition) is 0. The number of rotatable bonds is 2. The molecule has 14 heavy (non-hydrogen) atoms. The van der Waals surface area contributed by atoms with Crippen molar-refractivity contribution in [1.29, 1.82) is 0 Å². The van der Waals surface area contributed by atoms with Gasteiger partial charge in [0.15, 0.2) is 11.0 Å². The smallest absolute Gasteiger partial charge is 0.179 e. The van der Waals surface area contributed by atoms with Gasteiger partial charge in [0.2, 0.25) is 0 Å². The summed E-state index contributed by atoms with van der Waals surface area (Å²) in [6, 6.07) is 0. The molecule has 0 aliphatic heterocycles. The average molecular weight is 213 g/mol. The molecule has 0 spiro atoms. The molecule has 0 bridgehead atoms. The van der Waals surface area contributed by atoms with E-state index < -0.39 is 0 Å². The van der Waals surface area contributed by atoms with Crippen LogP contribution in [0.15, 0.2) is 4.99 Å². The van der Waals surface area contributed by atoms with Crippen molar-refractivity contribution in [3.8, 4) is 0 Å². The van der Waals surface area contributed by atoms with Crippen LogP contribution in [0.1, 0.15) is 11.1 Å². The van der Waals surface area contributed by atoms with Gasteiger partial charge in [-0.1, -0.05) is 11.6 Å². The maximum Gasteiger partial charge on any atom is 0.179 e. The van der Waals surface area contributed by atoms with E-state index >= 15 is 0 Å². The molecule has 0 atom stereocenters. The zero-order valence-electron chi connectivity index (χ0n) is 8.74. The summed E-state index contributed by atoms with van der Waals surface area (Å²) in [4.78, 5) is 6.01. The SMILES string of the molecule is Cc1c(Cl)nnc(N=CN(C)C)c1C. The van der Waals surface area contributed by atoms with Gasteiger partial charge in [0.1, 0.15) is 0 Å². The van der Waals surface area contributed by atoms with Crippen LogP contribution in [0.2, 0.25) is 5.15 Å². The predicted molar refractivity (Wildman–Crippen MR) is 58.4 cm³/mol. The van der Waals surface area contributed by atoms with Crippen LogP contribution in [0.5, 0.6) is 0 Å². The van der Waals surface area contributed by atoms with Crippen molar-refractivity contribution >= 4 is 23.8 Å². The molecule has 0 radical (unpaired) electrons. The summed E-state index contributed by atoms with van der Waals surface area (Å²) in [6.07, 6.45) is 1.68. The summed E-state index contributed by atoms with van der Waals surface area (Å²) in [5.41, 5.74) is 1.88. The second-order valence-electron chi connectivity index (χ2n) is 3.27. The first-order valence-corrected chi connectivity index (χ1v) is 4.60. The van der Waals surface area contributed by atoms with Crippen molar-refractivity contribution in [3.63, 3.8) is 0 Å². The average Bonchev–Trinajstić information content (AvgIpc) is 2.13. The molecule has 0 N–H and O–H groups in total. The molecule has 0 unspecified atom stereocenters. The molecule has 1 rings (SSSR count). The van der Waals surface area contributed by atoms with Crippen LogP contribution in [0.4, 0.5) is 5.82 Å². The van der Waals surface area contributed by atoms with E-state index in [-0.39, 0.29) is 0 Å². The van der Waals surface area contributed by atoms with Gasteiger partial charge in [0.05, 0.1) is 6.34 Å². The molecule has 0 saturated heterocycles. The first-order chi connectivity index (χ1) is 6.52. The van der Waals surface area contributed by atoms with E-state index in [1.54, 1.807) is 6.34 Å². The fourth-order valence-corrected chi connectivity index (χ4v) is 1.04. The summed E-state index contributed by atoms with van der Waals surface area (Å²) >= 11 is 5.81. The zero-order chi connectivity index (χ0) is 10.7. The van der Waals surface area contributed by atoms with E-state index in [0.29, 0.717) is 11.0 Å².